The molecule has 7 atom stereocenters. The van der Waals surface area contributed by atoms with Gasteiger partial charge < -0.3 is 33.5 Å². The number of hydrogen-bond donors (Lipinski definition) is 2. The van der Waals surface area contributed by atoms with Crippen LogP contribution in [0.3, 0.4) is 0 Å². The molecule has 0 bridgehead atoms. The monoisotopic (exact) mass is 657 g/mol. The molecule has 1 heterocycles. The van der Waals surface area contributed by atoms with Crippen LogP contribution < -0.4 is 14.9 Å². The zero-order valence-corrected chi connectivity index (χ0v) is 26.3. The van der Waals surface area contributed by atoms with Crippen LogP contribution in [0.15, 0.2) is 35.4 Å². The predicted octanol–water partition coefficient (Wildman–Crippen LogP) is 2.07. The second kappa shape index (κ2) is 17.3. The van der Waals surface area contributed by atoms with Crippen molar-refractivity contribution in [3.05, 3.63) is 40.8 Å². The van der Waals surface area contributed by atoms with Crippen LogP contribution in [0.25, 0.3) is 10.4 Å². The van der Waals surface area contributed by atoms with Crippen LogP contribution in [0.2, 0.25) is 0 Å². The van der Waals surface area contributed by atoms with E-state index in [1.54, 1.807) is 32.0 Å². The van der Waals surface area contributed by atoms with Crippen molar-refractivity contribution < 1.29 is 61.3 Å². The van der Waals surface area contributed by atoms with Gasteiger partial charge in [0.1, 0.15) is 30.5 Å². The molecule has 1 aliphatic rings. The summed E-state index contributed by atoms with van der Waals surface area (Å²) in [4.78, 5) is 63.7. The van der Waals surface area contributed by atoms with E-state index in [1.807, 2.05) is 0 Å². The first-order valence-electron chi connectivity index (χ1n) is 13.6. The standard InChI is InChI=1S/C26H36N5O13P/c1-14(2)39-25(36)15(3)30-45(37,44-19-10-8-7-9-11-19)38-13-20-23(40-16(4)32)24(41-17(5)33)22(26(43-20)42-18(6)34)29-21(35)12-28-31-27/h7-11,14-15,20,22-24,26H,12-13H2,1-6H3,(H,29,35)(H,30,37)/t15-,20+,22-,23+,24+,26?,45?/m0/s1. The number of rotatable bonds is 15. The van der Waals surface area contributed by atoms with Gasteiger partial charge in [-0.3, -0.25) is 28.5 Å². The predicted molar refractivity (Wildman–Crippen MR) is 152 cm³/mol. The molecule has 1 aliphatic heterocycles. The number of nitrogens with one attached hydrogen (secondary N) is 2. The molecule has 0 radical (unpaired) electrons. The third kappa shape index (κ3) is 12.4. The number of hydrogen-bond acceptors (Lipinski definition) is 14. The number of nitrogens with zero attached hydrogens (tertiary/aromatic N) is 3. The minimum atomic E-state index is -4.47. The number of amides is 1. The smallest absolute Gasteiger partial charge is 0.459 e. The zero-order valence-electron chi connectivity index (χ0n) is 25.4. The molecule has 18 nitrogen and oxygen atoms in total. The average molecular weight is 658 g/mol. The van der Waals surface area contributed by atoms with E-state index in [0.29, 0.717) is 0 Å². The summed E-state index contributed by atoms with van der Waals surface area (Å²) in [5.74, 6) is -4.17. The van der Waals surface area contributed by atoms with Gasteiger partial charge in [-0.25, -0.2) is 4.57 Å². The normalized spacial score (nSPS) is 22.9. The number of carbonyl (C=O) groups excluding carboxylic acids is 5. The van der Waals surface area contributed by atoms with Gasteiger partial charge in [-0.2, -0.15) is 5.09 Å². The first kappa shape index (κ1) is 37.0. The van der Waals surface area contributed by atoms with E-state index in [4.69, 9.17) is 38.3 Å². The first-order valence-corrected chi connectivity index (χ1v) is 15.1. The Kier molecular flexibility index (Phi) is 14.2. The van der Waals surface area contributed by atoms with Gasteiger partial charge in [0, 0.05) is 25.7 Å². The number of ether oxygens (including phenoxy) is 5. The van der Waals surface area contributed by atoms with Gasteiger partial charge in [-0.05, 0) is 38.4 Å². The molecule has 0 spiro atoms. The fourth-order valence-corrected chi connectivity index (χ4v) is 5.46. The van der Waals surface area contributed by atoms with Gasteiger partial charge >= 0.3 is 31.6 Å². The Morgan fingerprint density at radius 1 is 0.978 bits per heavy atom. The molecule has 248 valence electrons. The molecule has 0 aromatic heterocycles. The second-order valence-corrected chi connectivity index (χ2v) is 11.5. The molecule has 0 aliphatic carbocycles. The molecule has 1 aromatic carbocycles. The fraction of sp³-hybridized carbons (Fsp3) is 0.577. The summed E-state index contributed by atoms with van der Waals surface area (Å²) >= 11 is 0. The maximum atomic E-state index is 14.0. The Balaban J connectivity index is 2.48. The van der Waals surface area contributed by atoms with Crippen molar-refractivity contribution in [1.29, 1.82) is 0 Å². The number of benzene rings is 1. The maximum Gasteiger partial charge on any atom is 0.459 e. The third-order valence-corrected chi connectivity index (χ3v) is 7.22. The summed E-state index contributed by atoms with van der Waals surface area (Å²) in [5.41, 5.74) is 8.56. The number of esters is 4. The van der Waals surface area contributed by atoms with Gasteiger partial charge in [-0.15, -0.1) is 0 Å². The maximum absolute atomic E-state index is 14.0. The van der Waals surface area contributed by atoms with Crippen molar-refractivity contribution in [3.8, 4) is 5.75 Å². The molecular weight excluding hydrogens is 621 g/mol. The van der Waals surface area contributed by atoms with Crippen molar-refractivity contribution in [2.24, 2.45) is 5.11 Å². The lowest BCUT2D eigenvalue weighted by atomic mass is 9.96. The van der Waals surface area contributed by atoms with Crippen LogP contribution in [0.5, 0.6) is 5.75 Å². The average Bonchev–Trinajstić information content (AvgIpc) is 2.93. The van der Waals surface area contributed by atoms with Crippen molar-refractivity contribution in [3.63, 3.8) is 0 Å². The molecule has 1 amide bonds. The van der Waals surface area contributed by atoms with Gasteiger partial charge in [0.05, 0.1) is 12.7 Å². The molecule has 45 heavy (non-hydrogen) atoms. The lowest BCUT2D eigenvalue weighted by molar-refractivity contribution is -0.268. The highest BCUT2D eigenvalue weighted by Gasteiger charge is 2.52. The molecule has 2 rings (SSSR count). The van der Waals surface area contributed by atoms with Gasteiger partial charge in [-0.1, -0.05) is 23.3 Å². The highest BCUT2D eigenvalue weighted by molar-refractivity contribution is 7.52. The second-order valence-electron chi connectivity index (χ2n) is 9.82. The largest absolute Gasteiger partial charge is 0.462 e. The summed E-state index contributed by atoms with van der Waals surface area (Å²) < 4.78 is 52.3. The van der Waals surface area contributed by atoms with Gasteiger partial charge in [0.25, 0.3) is 0 Å². The number of azide groups is 1. The van der Waals surface area contributed by atoms with Crippen molar-refractivity contribution in [2.75, 3.05) is 13.2 Å². The van der Waals surface area contributed by atoms with Crippen molar-refractivity contribution in [2.45, 2.75) is 84.3 Å². The topological polar surface area (TPSA) is 240 Å². The Morgan fingerprint density at radius 3 is 2.13 bits per heavy atom. The van der Waals surface area contributed by atoms with Crippen LogP contribution in [0.4, 0.5) is 0 Å². The summed E-state index contributed by atoms with van der Waals surface area (Å²) in [6.45, 7) is 6.33. The van der Waals surface area contributed by atoms with E-state index in [0.717, 1.165) is 20.8 Å². The summed E-state index contributed by atoms with van der Waals surface area (Å²) in [7, 11) is -4.47. The van der Waals surface area contributed by atoms with E-state index in [1.165, 1.54) is 19.1 Å². The van der Waals surface area contributed by atoms with Crippen LogP contribution >= 0.6 is 7.75 Å². The Hall–Kier alpha value is -4.21. The SMILES string of the molecule is CC(=O)OC1O[C@H](COP(=O)(N[C@@H](C)C(=O)OC(C)C)Oc2ccccc2)[C@@H](OC(C)=O)[C@H](OC(C)=O)[C@@H]1NC(=O)CN=[N+]=[N-]. The Labute approximate surface area is 258 Å². The van der Waals surface area contributed by atoms with E-state index in [-0.39, 0.29) is 5.75 Å². The Bertz CT molecular complexity index is 1310. The van der Waals surface area contributed by atoms with Crippen LogP contribution in [0, 0.1) is 0 Å². The van der Waals surface area contributed by atoms with Crippen LogP contribution in [0.1, 0.15) is 41.5 Å². The molecular formula is C26H36N5O13P. The summed E-state index contributed by atoms with van der Waals surface area (Å²) in [6, 6.07) is 5.16. The summed E-state index contributed by atoms with van der Waals surface area (Å²) in [6.07, 6.45) is -6.73. The molecule has 19 heteroatoms. The quantitative estimate of drug-likeness (QED) is 0.0685. The van der Waals surface area contributed by atoms with Gasteiger partial charge in [0.15, 0.2) is 12.2 Å². The lowest BCUT2D eigenvalue weighted by Gasteiger charge is -2.44. The Morgan fingerprint density at radius 2 is 1.58 bits per heavy atom. The van der Waals surface area contributed by atoms with Crippen molar-refractivity contribution in [1.82, 2.24) is 10.4 Å². The number of carbonyl (C=O) groups is 5. The van der Waals surface area contributed by atoms with E-state index in [9.17, 15) is 28.5 Å². The lowest BCUT2D eigenvalue weighted by Crippen LogP contribution is -2.67. The molecule has 2 unspecified atom stereocenters. The fourth-order valence-electron chi connectivity index (χ4n) is 3.95. The number of para-hydroxylation sites is 1. The van der Waals surface area contributed by atoms with Gasteiger partial charge in [0.2, 0.25) is 12.2 Å². The molecule has 1 saturated heterocycles. The van der Waals surface area contributed by atoms with Crippen molar-refractivity contribution >= 4 is 37.5 Å². The van der Waals surface area contributed by atoms with E-state index < -0.39 is 93.5 Å². The minimum absolute atomic E-state index is 0.0947. The summed E-state index contributed by atoms with van der Waals surface area (Å²) in [5, 5.41) is 8.03. The molecule has 1 fully saturated rings. The zero-order chi connectivity index (χ0) is 33.7. The molecule has 0 saturated carbocycles. The van der Waals surface area contributed by atoms with Crippen LogP contribution in [-0.4, -0.2) is 85.7 Å². The third-order valence-electron chi connectivity index (χ3n) is 5.57. The molecule has 2 N–H and O–H groups in total. The minimum Gasteiger partial charge on any atom is -0.462 e. The van der Waals surface area contributed by atoms with E-state index >= 15 is 0 Å². The highest BCUT2D eigenvalue weighted by atomic mass is 31.2. The van der Waals surface area contributed by atoms with E-state index in [2.05, 4.69) is 20.4 Å². The first-order chi connectivity index (χ1) is 21.1. The highest BCUT2D eigenvalue weighted by Crippen LogP contribution is 2.45. The van der Waals surface area contributed by atoms with Crippen LogP contribution in [-0.2, 0) is 56.7 Å². The molecule has 1 aromatic rings.